The number of anilines is 1. The van der Waals surface area contributed by atoms with Crippen LogP contribution in [0.2, 0.25) is 5.02 Å². The zero-order chi connectivity index (χ0) is 17.7. The molecule has 0 atom stereocenters. The van der Waals surface area contributed by atoms with Gasteiger partial charge in [0.15, 0.2) is 0 Å². The highest BCUT2D eigenvalue weighted by Gasteiger charge is 2.16. The summed E-state index contributed by atoms with van der Waals surface area (Å²) >= 11 is 6.06. The predicted octanol–water partition coefficient (Wildman–Crippen LogP) is 3.22. The van der Waals surface area contributed by atoms with E-state index in [1.165, 1.54) is 36.4 Å². The normalized spacial score (nSPS) is 11.5. The van der Waals surface area contributed by atoms with Crippen LogP contribution in [-0.2, 0) is 10.0 Å². The predicted molar refractivity (Wildman–Crippen MR) is 92.7 cm³/mol. The van der Waals surface area contributed by atoms with Crippen molar-refractivity contribution < 1.29 is 17.5 Å². The second-order valence-electron chi connectivity index (χ2n) is 5.36. The summed E-state index contributed by atoms with van der Waals surface area (Å²) in [5, 5.41) is 0.377. The summed E-state index contributed by atoms with van der Waals surface area (Å²) in [6, 6.07) is 9.32. The highest BCUT2D eigenvalue weighted by molar-refractivity contribution is 7.92. The van der Waals surface area contributed by atoms with Gasteiger partial charge < -0.3 is 9.64 Å². The lowest BCUT2D eigenvalue weighted by Crippen LogP contribution is -2.19. The van der Waals surface area contributed by atoms with Crippen LogP contribution in [0.15, 0.2) is 47.4 Å². The van der Waals surface area contributed by atoms with Gasteiger partial charge in [-0.15, -0.1) is 0 Å². The number of ether oxygens (including phenoxy) is 1. The number of halogens is 2. The van der Waals surface area contributed by atoms with E-state index in [0.717, 1.165) is 6.07 Å². The lowest BCUT2D eigenvalue weighted by molar-refractivity contribution is 0.261. The van der Waals surface area contributed by atoms with Crippen LogP contribution >= 0.6 is 11.6 Å². The summed E-state index contributed by atoms with van der Waals surface area (Å²) in [6.45, 7) is 1.10. The molecule has 0 fully saturated rings. The molecule has 0 heterocycles. The SMILES string of the molecule is CN(C)CCOc1cc(NS(=O)(=O)c2cccc(F)c2)ccc1Cl. The first kappa shape index (κ1) is 18.5. The Morgan fingerprint density at radius 2 is 1.96 bits per heavy atom. The molecule has 130 valence electrons. The highest BCUT2D eigenvalue weighted by Crippen LogP contribution is 2.29. The zero-order valence-corrected chi connectivity index (χ0v) is 14.9. The maximum Gasteiger partial charge on any atom is 0.261 e. The van der Waals surface area contributed by atoms with Gasteiger partial charge >= 0.3 is 0 Å². The first-order valence-electron chi connectivity index (χ1n) is 7.13. The maximum atomic E-state index is 13.2. The van der Waals surface area contributed by atoms with E-state index in [1.807, 2.05) is 19.0 Å². The van der Waals surface area contributed by atoms with Gasteiger partial charge in [-0.3, -0.25) is 4.72 Å². The topological polar surface area (TPSA) is 58.6 Å². The molecule has 8 heteroatoms. The van der Waals surface area contributed by atoms with Crippen LogP contribution in [0.3, 0.4) is 0 Å². The Hall–Kier alpha value is -1.83. The van der Waals surface area contributed by atoms with E-state index in [1.54, 1.807) is 0 Å². The van der Waals surface area contributed by atoms with Crippen molar-refractivity contribution in [2.75, 3.05) is 32.0 Å². The summed E-state index contributed by atoms with van der Waals surface area (Å²) < 4.78 is 45.8. The number of hydrogen-bond acceptors (Lipinski definition) is 4. The molecule has 0 aromatic heterocycles. The van der Waals surface area contributed by atoms with Gasteiger partial charge in [0.05, 0.1) is 15.6 Å². The summed E-state index contributed by atoms with van der Waals surface area (Å²) in [5.41, 5.74) is 0.281. The molecule has 2 rings (SSSR count). The Bertz CT molecular complexity index is 813. The van der Waals surface area contributed by atoms with Crippen LogP contribution in [0, 0.1) is 5.82 Å². The fraction of sp³-hybridized carbons (Fsp3) is 0.250. The third-order valence-corrected chi connectivity index (χ3v) is 4.78. The third kappa shape index (κ3) is 5.09. The Kier molecular flexibility index (Phi) is 6.04. The molecule has 1 N–H and O–H groups in total. The smallest absolute Gasteiger partial charge is 0.261 e. The van der Waals surface area contributed by atoms with E-state index < -0.39 is 15.8 Å². The number of nitrogens with one attached hydrogen (secondary N) is 1. The van der Waals surface area contributed by atoms with Gasteiger partial charge in [-0.25, -0.2) is 12.8 Å². The van der Waals surface area contributed by atoms with Crippen molar-refractivity contribution in [3.8, 4) is 5.75 Å². The molecule has 24 heavy (non-hydrogen) atoms. The molecule has 0 saturated heterocycles. The van der Waals surface area contributed by atoms with Gasteiger partial charge in [0, 0.05) is 12.6 Å². The average Bonchev–Trinajstić information content (AvgIpc) is 2.50. The summed E-state index contributed by atoms with van der Waals surface area (Å²) in [6.07, 6.45) is 0. The summed E-state index contributed by atoms with van der Waals surface area (Å²) in [5.74, 6) is -0.250. The Morgan fingerprint density at radius 1 is 1.21 bits per heavy atom. The van der Waals surface area contributed by atoms with Gasteiger partial charge in [-0.2, -0.15) is 0 Å². The van der Waals surface area contributed by atoms with Crippen molar-refractivity contribution in [2.45, 2.75) is 4.90 Å². The molecule has 0 radical (unpaired) electrons. The molecule has 0 saturated carbocycles. The van der Waals surface area contributed by atoms with Gasteiger partial charge in [-0.1, -0.05) is 17.7 Å². The van der Waals surface area contributed by atoms with Crippen LogP contribution in [0.1, 0.15) is 0 Å². The second kappa shape index (κ2) is 7.83. The van der Waals surface area contributed by atoms with Gasteiger partial charge in [0.2, 0.25) is 0 Å². The molecular formula is C16H18ClFN2O3S. The maximum absolute atomic E-state index is 13.2. The van der Waals surface area contributed by atoms with E-state index in [-0.39, 0.29) is 10.6 Å². The molecule has 2 aromatic carbocycles. The molecule has 0 spiro atoms. The van der Waals surface area contributed by atoms with Crippen molar-refractivity contribution in [1.29, 1.82) is 0 Å². The lowest BCUT2D eigenvalue weighted by Gasteiger charge is -2.14. The van der Waals surface area contributed by atoms with E-state index in [4.69, 9.17) is 16.3 Å². The molecule has 0 aliphatic rings. The number of likely N-dealkylation sites (N-methyl/N-ethyl adjacent to an activating group) is 1. The van der Waals surface area contributed by atoms with Crippen LogP contribution in [0.25, 0.3) is 0 Å². The van der Waals surface area contributed by atoms with E-state index >= 15 is 0 Å². The minimum Gasteiger partial charge on any atom is -0.491 e. The van der Waals surface area contributed by atoms with Crippen LogP contribution in [-0.4, -0.2) is 40.6 Å². The molecule has 0 aliphatic heterocycles. The molecular weight excluding hydrogens is 355 g/mol. The van der Waals surface area contributed by atoms with E-state index in [0.29, 0.717) is 23.9 Å². The molecule has 0 aliphatic carbocycles. The largest absolute Gasteiger partial charge is 0.491 e. The van der Waals surface area contributed by atoms with E-state index in [2.05, 4.69) is 4.72 Å². The number of rotatable bonds is 7. The van der Waals surface area contributed by atoms with E-state index in [9.17, 15) is 12.8 Å². The van der Waals surface area contributed by atoms with Crippen LogP contribution < -0.4 is 9.46 Å². The Morgan fingerprint density at radius 3 is 2.62 bits per heavy atom. The van der Waals surface area contributed by atoms with Gasteiger partial charge in [-0.05, 0) is 44.4 Å². The highest BCUT2D eigenvalue weighted by atomic mass is 35.5. The van der Waals surface area contributed by atoms with Crippen molar-refractivity contribution in [3.05, 3.63) is 53.3 Å². The zero-order valence-electron chi connectivity index (χ0n) is 13.3. The van der Waals surface area contributed by atoms with Gasteiger partial charge in [0.1, 0.15) is 18.2 Å². The number of hydrogen-bond donors (Lipinski definition) is 1. The number of benzene rings is 2. The lowest BCUT2D eigenvalue weighted by atomic mass is 10.3. The van der Waals surface area contributed by atoms with Crippen LogP contribution in [0.4, 0.5) is 10.1 Å². The van der Waals surface area contributed by atoms with Crippen LogP contribution in [0.5, 0.6) is 5.75 Å². The number of nitrogens with zero attached hydrogens (tertiary/aromatic N) is 1. The molecule has 2 aromatic rings. The monoisotopic (exact) mass is 372 g/mol. The van der Waals surface area contributed by atoms with Gasteiger partial charge in [0.25, 0.3) is 10.0 Å². The second-order valence-corrected chi connectivity index (χ2v) is 7.45. The van der Waals surface area contributed by atoms with Crippen molar-refractivity contribution in [1.82, 2.24) is 4.90 Å². The first-order valence-corrected chi connectivity index (χ1v) is 8.99. The minimum atomic E-state index is -3.90. The minimum absolute atomic E-state index is 0.160. The van der Waals surface area contributed by atoms with Crippen molar-refractivity contribution >= 4 is 27.3 Å². The first-order chi connectivity index (χ1) is 11.3. The molecule has 0 unspecified atom stereocenters. The fourth-order valence-electron chi connectivity index (χ4n) is 1.86. The standard InChI is InChI=1S/C16H18ClFN2O3S/c1-20(2)8-9-23-16-11-13(6-7-15(16)17)19-24(21,22)14-5-3-4-12(18)10-14/h3-7,10-11,19H,8-9H2,1-2H3. The average molecular weight is 373 g/mol. The molecule has 0 bridgehead atoms. The summed E-state index contributed by atoms with van der Waals surface area (Å²) in [4.78, 5) is 1.79. The molecule has 5 nitrogen and oxygen atoms in total. The third-order valence-electron chi connectivity index (χ3n) is 3.09. The quantitative estimate of drug-likeness (QED) is 0.810. The number of sulfonamides is 1. The Labute approximate surface area is 146 Å². The molecule has 0 amide bonds. The van der Waals surface area contributed by atoms with Crippen molar-refractivity contribution in [3.63, 3.8) is 0 Å². The fourth-order valence-corrected chi connectivity index (χ4v) is 3.12. The summed E-state index contributed by atoms with van der Waals surface area (Å²) in [7, 11) is -0.0738. The Balaban J connectivity index is 2.17. The van der Waals surface area contributed by atoms with Crippen molar-refractivity contribution in [2.24, 2.45) is 0 Å².